The third-order valence-electron chi connectivity index (χ3n) is 5.95. The lowest BCUT2D eigenvalue weighted by molar-refractivity contribution is -0.113. The van der Waals surface area contributed by atoms with E-state index in [9.17, 15) is 9.59 Å². The summed E-state index contributed by atoms with van der Waals surface area (Å²) in [6, 6.07) is 26.8. The van der Waals surface area contributed by atoms with E-state index in [-0.39, 0.29) is 5.24 Å². The van der Waals surface area contributed by atoms with Gasteiger partial charge in [-0.25, -0.2) is 4.90 Å². The van der Waals surface area contributed by atoms with Crippen molar-refractivity contribution in [3.05, 3.63) is 101 Å². The SMILES string of the molecule is CCOc1cc(/C=C2\SC(=O)N(c3ccccc3OC)C2=O)ccc1OCc1cccc2ccccc12. The Bertz CT molecular complexity index is 1510. The van der Waals surface area contributed by atoms with Gasteiger partial charge in [0.15, 0.2) is 11.5 Å². The van der Waals surface area contributed by atoms with E-state index < -0.39 is 5.91 Å². The first-order valence-corrected chi connectivity index (χ1v) is 12.7. The first-order valence-electron chi connectivity index (χ1n) is 11.9. The van der Waals surface area contributed by atoms with Crippen molar-refractivity contribution in [2.45, 2.75) is 13.5 Å². The number of benzene rings is 4. The van der Waals surface area contributed by atoms with Crippen LogP contribution in [-0.4, -0.2) is 24.9 Å². The predicted molar refractivity (Wildman–Crippen MR) is 147 cm³/mol. The van der Waals surface area contributed by atoms with Gasteiger partial charge in [0.25, 0.3) is 11.1 Å². The van der Waals surface area contributed by atoms with E-state index >= 15 is 0 Å². The van der Waals surface area contributed by atoms with Gasteiger partial charge in [-0.3, -0.25) is 9.59 Å². The summed E-state index contributed by atoms with van der Waals surface area (Å²) in [6.45, 7) is 2.75. The second-order valence-electron chi connectivity index (χ2n) is 8.26. The van der Waals surface area contributed by atoms with E-state index in [2.05, 4.69) is 24.3 Å². The summed E-state index contributed by atoms with van der Waals surface area (Å²) in [5.74, 6) is 1.24. The van der Waals surface area contributed by atoms with E-state index in [1.165, 1.54) is 7.11 Å². The van der Waals surface area contributed by atoms with Gasteiger partial charge in [0.1, 0.15) is 12.4 Å². The fourth-order valence-electron chi connectivity index (χ4n) is 4.22. The van der Waals surface area contributed by atoms with Gasteiger partial charge in [-0.15, -0.1) is 0 Å². The van der Waals surface area contributed by atoms with Crippen LogP contribution in [0.5, 0.6) is 17.2 Å². The maximum Gasteiger partial charge on any atom is 0.298 e. The van der Waals surface area contributed by atoms with Crippen LogP contribution in [0.4, 0.5) is 10.5 Å². The zero-order valence-electron chi connectivity index (χ0n) is 20.5. The fraction of sp³-hybridized carbons (Fsp3) is 0.133. The Labute approximate surface area is 219 Å². The van der Waals surface area contributed by atoms with Crippen LogP contribution in [0.2, 0.25) is 0 Å². The molecule has 0 saturated carbocycles. The van der Waals surface area contributed by atoms with E-state index in [1.807, 2.05) is 43.3 Å². The molecule has 37 heavy (non-hydrogen) atoms. The number of imide groups is 1. The molecule has 7 heteroatoms. The van der Waals surface area contributed by atoms with Crippen LogP contribution in [0.25, 0.3) is 16.8 Å². The number of anilines is 1. The predicted octanol–water partition coefficient (Wildman–Crippen LogP) is 7.07. The van der Waals surface area contributed by atoms with Crippen LogP contribution in [0.1, 0.15) is 18.1 Å². The zero-order valence-corrected chi connectivity index (χ0v) is 21.3. The maximum atomic E-state index is 13.1. The minimum absolute atomic E-state index is 0.322. The van der Waals surface area contributed by atoms with Gasteiger partial charge in [0.05, 0.1) is 24.3 Å². The van der Waals surface area contributed by atoms with Crippen molar-refractivity contribution in [2.75, 3.05) is 18.6 Å². The Morgan fingerprint density at radius 2 is 1.62 bits per heavy atom. The van der Waals surface area contributed by atoms with Crippen LogP contribution in [0.3, 0.4) is 0 Å². The lowest BCUT2D eigenvalue weighted by Crippen LogP contribution is -2.28. The quantitative estimate of drug-likeness (QED) is 0.236. The molecule has 6 nitrogen and oxygen atoms in total. The number of carbonyl (C=O) groups is 2. The number of carbonyl (C=O) groups excluding carboxylic acids is 2. The van der Waals surface area contributed by atoms with E-state index in [0.29, 0.717) is 41.1 Å². The number of rotatable bonds is 8. The molecule has 1 aliphatic rings. The summed E-state index contributed by atoms with van der Waals surface area (Å²) in [4.78, 5) is 27.3. The number of hydrogen-bond acceptors (Lipinski definition) is 6. The van der Waals surface area contributed by atoms with Crippen LogP contribution in [0, 0.1) is 0 Å². The maximum absolute atomic E-state index is 13.1. The molecule has 0 aromatic heterocycles. The third-order valence-corrected chi connectivity index (χ3v) is 6.82. The molecular weight excluding hydrogens is 486 g/mol. The molecule has 0 N–H and O–H groups in total. The van der Waals surface area contributed by atoms with Crippen LogP contribution in [0.15, 0.2) is 89.8 Å². The number of nitrogens with zero attached hydrogens (tertiary/aromatic N) is 1. The minimum Gasteiger partial charge on any atom is -0.495 e. The second kappa shape index (κ2) is 10.8. The van der Waals surface area contributed by atoms with Gasteiger partial charge >= 0.3 is 0 Å². The number of amides is 2. The highest BCUT2D eigenvalue weighted by Crippen LogP contribution is 2.40. The third kappa shape index (κ3) is 5.04. The topological polar surface area (TPSA) is 65.1 Å². The molecule has 0 spiro atoms. The molecule has 0 unspecified atom stereocenters. The largest absolute Gasteiger partial charge is 0.495 e. The van der Waals surface area contributed by atoms with Gasteiger partial charge in [-0.2, -0.15) is 0 Å². The summed E-state index contributed by atoms with van der Waals surface area (Å²) in [7, 11) is 1.51. The van der Waals surface area contributed by atoms with Crippen molar-refractivity contribution < 1.29 is 23.8 Å². The van der Waals surface area contributed by atoms with Crippen molar-refractivity contribution >= 4 is 45.4 Å². The molecule has 5 rings (SSSR count). The number of methoxy groups -OCH3 is 1. The number of thioether (sulfide) groups is 1. The molecule has 0 aliphatic carbocycles. The molecular formula is C30H25NO5S. The van der Waals surface area contributed by atoms with Crippen molar-refractivity contribution in [1.29, 1.82) is 0 Å². The summed E-state index contributed by atoms with van der Waals surface area (Å²) in [5.41, 5.74) is 2.23. The molecule has 4 aromatic rings. The lowest BCUT2D eigenvalue weighted by atomic mass is 10.1. The Morgan fingerprint density at radius 1 is 0.838 bits per heavy atom. The van der Waals surface area contributed by atoms with Gasteiger partial charge in [-0.05, 0) is 70.9 Å². The highest BCUT2D eigenvalue weighted by molar-refractivity contribution is 8.19. The molecule has 1 fully saturated rings. The molecule has 0 bridgehead atoms. The van der Waals surface area contributed by atoms with Crippen molar-refractivity contribution in [3.63, 3.8) is 0 Å². The van der Waals surface area contributed by atoms with Crippen LogP contribution in [-0.2, 0) is 11.4 Å². The molecule has 1 aliphatic heterocycles. The molecule has 4 aromatic carbocycles. The second-order valence-corrected chi connectivity index (χ2v) is 9.25. The normalized spacial score (nSPS) is 14.4. The average molecular weight is 512 g/mol. The average Bonchev–Trinajstić information content (AvgIpc) is 3.20. The van der Waals surface area contributed by atoms with Crippen LogP contribution >= 0.6 is 11.8 Å². The molecule has 2 amide bonds. The summed E-state index contributed by atoms with van der Waals surface area (Å²) >= 11 is 0.894. The van der Waals surface area contributed by atoms with E-state index in [4.69, 9.17) is 14.2 Å². The number of para-hydroxylation sites is 2. The monoisotopic (exact) mass is 511 g/mol. The Balaban J connectivity index is 1.39. The van der Waals surface area contributed by atoms with E-state index in [1.54, 1.807) is 30.3 Å². The summed E-state index contributed by atoms with van der Waals surface area (Å²) < 4.78 is 17.3. The van der Waals surface area contributed by atoms with Gasteiger partial charge < -0.3 is 14.2 Å². The summed E-state index contributed by atoms with van der Waals surface area (Å²) in [5, 5.41) is 1.93. The van der Waals surface area contributed by atoms with Gasteiger partial charge in [-0.1, -0.05) is 60.7 Å². The first kappa shape index (κ1) is 24.5. The molecule has 0 atom stereocenters. The Morgan fingerprint density at radius 3 is 2.46 bits per heavy atom. The van der Waals surface area contributed by atoms with E-state index in [0.717, 1.165) is 38.6 Å². The highest BCUT2D eigenvalue weighted by atomic mass is 32.2. The Hall–Kier alpha value is -4.23. The zero-order chi connectivity index (χ0) is 25.8. The smallest absolute Gasteiger partial charge is 0.298 e. The minimum atomic E-state index is -0.395. The standard InChI is InChI=1S/C30H25NO5S/c1-3-35-27-17-20(15-16-26(27)36-19-22-11-8-10-21-9-4-5-12-23(21)22)18-28-29(32)31(30(33)37-28)24-13-6-7-14-25(24)34-2/h4-18H,3,19H2,1-2H3/b28-18-. The van der Waals surface area contributed by atoms with Gasteiger partial charge in [0, 0.05) is 0 Å². The summed E-state index contributed by atoms with van der Waals surface area (Å²) in [6.07, 6.45) is 1.69. The molecule has 1 saturated heterocycles. The first-order chi connectivity index (χ1) is 18.1. The lowest BCUT2D eigenvalue weighted by Gasteiger charge is -2.15. The highest BCUT2D eigenvalue weighted by Gasteiger charge is 2.37. The van der Waals surface area contributed by atoms with Crippen molar-refractivity contribution in [1.82, 2.24) is 0 Å². The number of fused-ring (bicyclic) bond motifs is 1. The Kier molecular flexibility index (Phi) is 7.14. The van der Waals surface area contributed by atoms with Crippen molar-refractivity contribution in [3.8, 4) is 17.2 Å². The van der Waals surface area contributed by atoms with Crippen molar-refractivity contribution in [2.24, 2.45) is 0 Å². The number of ether oxygens (including phenoxy) is 3. The molecule has 186 valence electrons. The molecule has 0 radical (unpaired) electrons. The van der Waals surface area contributed by atoms with Gasteiger partial charge in [0.2, 0.25) is 0 Å². The van der Waals surface area contributed by atoms with Crippen LogP contribution < -0.4 is 19.1 Å². The number of hydrogen-bond donors (Lipinski definition) is 0. The fourth-order valence-corrected chi connectivity index (χ4v) is 5.05. The molecule has 1 heterocycles.